The molecule has 0 amide bonds. The Morgan fingerprint density at radius 1 is 1.43 bits per heavy atom. The number of hydrogen-bond acceptors (Lipinski definition) is 2. The Kier molecular flexibility index (Phi) is 4.53. The van der Waals surface area contributed by atoms with Crippen molar-refractivity contribution in [2.45, 2.75) is 12.8 Å². The van der Waals surface area contributed by atoms with E-state index in [2.05, 4.69) is 6.92 Å². The highest BCUT2D eigenvalue weighted by Crippen LogP contribution is 2.20. The van der Waals surface area contributed by atoms with Crippen LogP contribution in [0.15, 0.2) is 30.3 Å². The van der Waals surface area contributed by atoms with E-state index in [0.717, 1.165) is 17.1 Å². The summed E-state index contributed by atoms with van der Waals surface area (Å²) in [5, 5.41) is 7.53. The minimum absolute atomic E-state index is 0.0705. The number of rotatable bonds is 5. The van der Waals surface area contributed by atoms with Gasteiger partial charge in [0.25, 0.3) is 0 Å². The molecule has 2 nitrogen and oxygen atoms in total. The van der Waals surface area contributed by atoms with Crippen LogP contribution in [0.3, 0.4) is 0 Å². The summed E-state index contributed by atoms with van der Waals surface area (Å²) in [5.41, 5.74) is 6.72. The Hall–Kier alpha value is -0.960. The lowest BCUT2D eigenvalue weighted by molar-refractivity contribution is 1.01. The van der Waals surface area contributed by atoms with E-state index in [-0.39, 0.29) is 11.8 Å². The van der Waals surface area contributed by atoms with Crippen molar-refractivity contribution in [3.05, 3.63) is 35.9 Å². The average molecular weight is 208 g/mol. The van der Waals surface area contributed by atoms with Gasteiger partial charge in [-0.2, -0.15) is 11.8 Å². The third kappa shape index (κ3) is 3.07. The van der Waals surface area contributed by atoms with Crippen LogP contribution >= 0.6 is 11.8 Å². The predicted molar refractivity (Wildman–Crippen MR) is 64.1 cm³/mol. The topological polar surface area (TPSA) is 49.9 Å². The fourth-order valence-electron chi connectivity index (χ4n) is 1.29. The van der Waals surface area contributed by atoms with Gasteiger partial charge < -0.3 is 5.73 Å². The summed E-state index contributed by atoms with van der Waals surface area (Å²) >= 11 is 1.82. The molecule has 1 aromatic carbocycles. The fourth-order valence-corrected chi connectivity index (χ4v) is 2.13. The highest BCUT2D eigenvalue weighted by Gasteiger charge is 2.13. The van der Waals surface area contributed by atoms with Gasteiger partial charge in [0.1, 0.15) is 0 Å². The first-order chi connectivity index (χ1) is 6.75. The second-order valence-corrected chi connectivity index (χ2v) is 4.40. The van der Waals surface area contributed by atoms with Crippen molar-refractivity contribution >= 4 is 17.6 Å². The quantitative estimate of drug-likeness (QED) is 0.577. The molecule has 0 aliphatic rings. The van der Waals surface area contributed by atoms with Crippen molar-refractivity contribution in [1.82, 2.24) is 0 Å². The average Bonchev–Trinajstić information content (AvgIpc) is 2.19. The van der Waals surface area contributed by atoms with E-state index in [1.807, 2.05) is 42.1 Å². The van der Waals surface area contributed by atoms with E-state index in [9.17, 15) is 0 Å². The largest absolute Gasteiger partial charge is 0.387 e. The van der Waals surface area contributed by atoms with Crippen LogP contribution in [0.5, 0.6) is 0 Å². The second kappa shape index (κ2) is 5.70. The van der Waals surface area contributed by atoms with Gasteiger partial charge in [0, 0.05) is 11.7 Å². The summed E-state index contributed by atoms with van der Waals surface area (Å²) in [6.07, 6.45) is 0. The smallest absolute Gasteiger partial charge is 0.0990 e. The van der Waals surface area contributed by atoms with Crippen LogP contribution in [0.25, 0.3) is 0 Å². The Morgan fingerprint density at radius 2 is 2.07 bits per heavy atom. The molecule has 0 aliphatic heterocycles. The van der Waals surface area contributed by atoms with E-state index in [1.165, 1.54) is 0 Å². The zero-order valence-corrected chi connectivity index (χ0v) is 9.18. The lowest BCUT2D eigenvalue weighted by Crippen LogP contribution is -2.22. The Labute approximate surface area is 89.4 Å². The van der Waals surface area contributed by atoms with Gasteiger partial charge >= 0.3 is 0 Å². The number of amidine groups is 1. The molecule has 0 spiro atoms. The molecule has 3 N–H and O–H groups in total. The van der Waals surface area contributed by atoms with Gasteiger partial charge in [-0.15, -0.1) is 0 Å². The molecule has 0 aliphatic carbocycles. The molecule has 0 saturated heterocycles. The van der Waals surface area contributed by atoms with Gasteiger partial charge in [0.05, 0.1) is 5.84 Å². The Morgan fingerprint density at radius 3 is 2.57 bits per heavy atom. The maximum atomic E-state index is 7.53. The van der Waals surface area contributed by atoms with E-state index < -0.39 is 0 Å². The van der Waals surface area contributed by atoms with Crippen LogP contribution in [-0.2, 0) is 0 Å². The van der Waals surface area contributed by atoms with Crippen molar-refractivity contribution < 1.29 is 0 Å². The molecule has 1 unspecified atom stereocenters. The number of nitrogens with one attached hydrogen (secondary N) is 1. The summed E-state index contributed by atoms with van der Waals surface area (Å²) in [4.78, 5) is 0. The molecule has 0 heterocycles. The molecule has 1 rings (SSSR count). The highest BCUT2D eigenvalue weighted by molar-refractivity contribution is 7.99. The summed E-state index contributed by atoms with van der Waals surface area (Å²) in [6.45, 7) is 2.12. The fraction of sp³-hybridized carbons (Fsp3) is 0.364. The molecule has 0 radical (unpaired) electrons. The molecule has 14 heavy (non-hydrogen) atoms. The number of thioether (sulfide) groups is 1. The Bertz CT molecular complexity index is 285. The second-order valence-electron chi connectivity index (χ2n) is 3.08. The zero-order valence-electron chi connectivity index (χ0n) is 8.36. The first-order valence-corrected chi connectivity index (χ1v) is 5.87. The monoisotopic (exact) mass is 208 g/mol. The van der Waals surface area contributed by atoms with Gasteiger partial charge in [0.2, 0.25) is 0 Å². The molecule has 3 heteroatoms. The third-order valence-electron chi connectivity index (χ3n) is 2.07. The van der Waals surface area contributed by atoms with Crippen LogP contribution in [0.4, 0.5) is 0 Å². The summed E-state index contributed by atoms with van der Waals surface area (Å²) in [7, 11) is 0. The SMILES string of the molecule is CCSCC(C(=N)N)c1ccccc1. The molecule has 1 atom stereocenters. The third-order valence-corrected chi connectivity index (χ3v) is 3.04. The summed E-state index contributed by atoms with van der Waals surface area (Å²) < 4.78 is 0. The van der Waals surface area contributed by atoms with Gasteiger partial charge in [-0.05, 0) is 11.3 Å². The molecule has 0 aromatic heterocycles. The van der Waals surface area contributed by atoms with E-state index in [4.69, 9.17) is 11.1 Å². The van der Waals surface area contributed by atoms with Gasteiger partial charge in [-0.1, -0.05) is 37.3 Å². The Balaban J connectivity index is 2.73. The number of benzene rings is 1. The van der Waals surface area contributed by atoms with Crippen molar-refractivity contribution in [2.75, 3.05) is 11.5 Å². The standard InChI is InChI=1S/C11H16N2S/c1-2-14-8-10(11(12)13)9-6-4-3-5-7-9/h3-7,10H,2,8H2,1H3,(H3,12,13). The van der Waals surface area contributed by atoms with Gasteiger partial charge in [-0.25, -0.2) is 0 Å². The van der Waals surface area contributed by atoms with Crippen molar-refractivity contribution in [3.63, 3.8) is 0 Å². The van der Waals surface area contributed by atoms with Crippen molar-refractivity contribution in [2.24, 2.45) is 5.73 Å². The lowest BCUT2D eigenvalue weighted by Gasteiger charge is -2.14. The van der Waals surface area contributed by atoms with E-state index >= 15 is 0 Å². The molecule has 0 fully saturated rings. The van der Waals surface area contributed by atoms with E-state index in [0.29, 0.717) is 0 Å². The van der Waals surface area contributed by atoms with Crippen LogP contribution in [-0.4, -0.2) is 17.3 Å². The number of nitrogens with two attached hydrogens (primary N) is 1. The molecule has 76 valence electrons. The normalized spacial score (nSPS) is 12.4. The molecule has 1 aromatic rings. The summed E-state index contributed by atoms with van der Waals surface area (Å²) in [6, 6.07) is 10.0. The van der Waals surface area contributed by atoms with Crippen LogP contribution in [0, 0.1) is 5.41 Å². The number of hydrogen-bond donors (Lipinski definition) is 2. The van der Waals surface area contributed by atoms with Crippen molar-refractivity contribution in [1.29, 1.82) is 5.41 Å². The van der Waals surface area contributed by atoms with Crippen LogP contribution in [0.1, 0.15) is 18.4 Å². The minimum Gasteiger partial charge on any atom is -0.387 e. The van der Waals surface area contributed by atoms with Gasteiger partial charge in [-0.3, -0.25) is 5.41 Å². The molecular formula is C11H16N2S. The molecule has 0 bridgehead atoms. The predicted octanol–water partition coefficient (Wildman–Crippen LogP) is 2.46. The first-order valence-electron chi connectivity index (χ1n) is 4.72. The maximum absolute atomic E-state index is 7.53. The van der Waals surface area contributed by atoms with E-state index in [1.54, 1.807) is 0 Å². The molecule has 0 saturated carbocycles. The minimum atomic E-state index is 0.0705. The summed E-state index contributed by atoms with van der Waals surface area (Å²) in [5.74, 6) is 2.30. The van der Waals surface area contributed by atoms with Crippen LogP contribution in [0.2, 0.25) is 0 Å². The van der Waals surface area contributed by atoms with Crippen molar-refractivity contribution in [3.8, 4) is 0 Å². The van der Waals surface area contributed by atoms with Crippen LogP contribution < -0.4 is 5.73 Å². The zero-order chi connectivity index (χ0) is 10.4. The molecular weight excluding hydrogens is 192 g/mol. The first kappa shape index (κ1) is 11.1. The van der Waals surface area contributed by atoms with Gasteiger partial charge in [0.15, 0.2) is 0 Å². The highest BCUT2D eigenvalue weighted by atomic mass is 32.2. The lowest BCUT2D eigenvalue weighted by atomic mass is 10.0. The maximum Gasteiger partial charge on any atom is 0.0990 e.